The van der Waals surface area contributed by atoms with Crippen molar-refractivity contribution in [3.63, 3.8) is 0 Å². The number of para-hydroxylation sites is 1. The molecular weight excluding hydrogens is 315 g/mol. The second kappa shape index (κ2) is 7.35. The van der Waals surface area contributed by atoms with Crippen LogP contribution >= 0.6 is 0 Å². The van der Waals surface area contributed by atoms with E-state index >= 15 is 0 Å². The van der Waals surface area contributed by atoms with E-state index < -0.39 is 19.0 Å². The molecule has 8 nitrogen and oxygen atoms in total. The summed E-state index contributed by atoms with van der Waals surface area (Å²) in [4.78, 5) is 36.0. The number of carbonyl (C=O) groups excluding carboxylic acids is 2. The van der Waals surface area contributed by atoms with Crippen molar-refractivity contribution >= 4 is 24.9 Å². The standard InChI is InChI=1S/C15H19BN2O6/c1-18(2)13(20)7-6-12(19)17-11-8-9-4-3-5-10(15(21)22)14(9)24-16(11)23/h3-5,11,23H,6-8H2,1-2H3,(H,17,19)(H,21,22). The fourth-order valence-electron chi connectivity index (χ4n) is 2.44. The first-order valence-electron chi connectivity index (χ1n) is 7.49. The molecule has 0 fully saturated rings. The zero-order chi connectivity index (χ0) is 17.9. The number of fused-ring (bicyclic) bond motifs is 1. The molecular formula is C15H19BN2O6. The summed E-state index contributed by atoms with van der Waals surface area (Å²) in [6.45, 7) is 0. The minimum Gasteiger partial charge on any atom is -0.534 e. The highest BCUT2D eigenvalue weighted by Gasteiger charge is 2.37. The first-order chi connectivity index (χ1) is 11.3. The summed E-state index contributed by atoms with van der Waals surface area (Å²) in [5.41, 5.74) is 0.558. The van der Waals surface area contributed by atoms with Crippen LogP contribution in [0.25, 0.3) is 0 Å². The van der Waals surface area contributed by atoms with Crippen molar-refractivity contribution in [3.8, 4) is 5.75 Å². The summed E-state index contributed by atoms with van der Waals surface area (Å²) in [5, 5.41) is 21.8. The van der Waals surface area contributed by atoms with Crippen LogP contribution in [0.3, 0.4) is 0 Å². The van der Waals surface area contributed by atoms with Gasteiger partial charge in [-0.1, -0.05) is 12.1 Å². The van der Waals surface area contributed by atoms with Gasteiger partial charge in [0.15, 0.2) is 0 Å². The van der Waals surface area contributed by atoms with Crippen LogP contribution in [0.15, 0.2) is 18.2 Å². The number of nitrogens with zero attached hydrogens (tertiary/aromatic N) is 1. The van der Waals surface area contributed by atoms with E-state index in [-0.39, 0.29) is 42.4 Å². The Bertz CT molecular complexity index is 663. The lowest BCUT2D eigenvalue weighted by Gasteiger charge is -2.28. The normalized spacial score (nSPS) is 16.0. The molecule has 1 aromatic carbocycles. The molecule has 9 heteroatoms. The molecule has 3 N–H and O–H groups in total. The molecule has 1 aromatic rings. The van der Waals surface area contributed by atoms with Gasteiger partial charge in [0.1, 0.15) is 5.75 Å². The molecule has 0 radical (unpaired) electrons. The minimum atomic E-state index is -1.36. The van der Waals surface area contributed by atoms with E-state index in [0.29, 0.717) is 5.56 Å². The number of nitrogens with one attached hydrogen (secondary N) is 1. The van der Waals surface area contributed by atoms with Crippen LogP contribution in [0.5, 0.6) is 5.75 Å². The average Bonchev–Trinajstić information content (AvgIpc) is 2.52. The zero-order valence-electron chi connectivity index (χ0n) is 13.5. The van der Waals surface area contributed by atoms with Crippen molar-refractivity contribution in [3.05, 3.63) is 29.3 Å². The van der Waals surface area contributed by atoms with Crippen LogP contribution in [-0.4, -0.2) is 60.0 Å². The molecule has 24 heavy (non-hydrogen) atoms. The number of benzene rings is 1. The van der Waals surface area contributed by atoms with E-state index in [9.17, 15) is 19.4 Å². The van der Waals surface area contributed by atoms with Gasteiger partial charge >= 0.3 is 13.1 Å². The molecule has 2 amide bonds. The van der Waals surface area contributed by atoms with Gasteiger partial charge in [-0.3, -0.25) is 9.59 Å². The predicted molar refractivity (Wildman–Crippen MR) is 85.6 cm³/mol. The van der Waals surface area contributed by atoms with Gasteiger partial charge in [0, 0.05) is 26.9 Å². The summed E-state index contributed by atoms with van der Waals surface area (Å²) in [7, 11) is 1.86. The van der Waals surface area contributed by atoms with Crippen LogP contribution in [-0.2, 0) is 16.0 Å². The molecule has 1 aliphatic rings. The van der Waals surface area contributed by atoms with Gasteiger partial charge in [-0.25, -0.2) is 4.79 Å². The molecule has 1 aliphatic heterocycles. The van der Waals surface area contributed by atoms with Crippen LogP contribution in [0.2, 0.25) is 0 Å². The van der Waals surface area contributed by atoms with Crippen molar-refractivity contribution in [2.45, 2.75) is 25.2 Å². The van der Waals surface area contributed by atoms with E-state index in [2.05, 4.69) is 5.32 Å². The van der Waals surface area contributed by atoms with Gasteiger partial charge in [0.2, 0.25) is 11.8 Å². The number of carboxylic acid groups (broad SMARTS) is 1. The molecule has 0 aliphatic carbocycles. The molecule has 0 spiro atoms. The topological polar surface area (TPSA) is 116 Å². The first kappa shape index (κ1) is 17.8. The lowest BCUT2D eigenvalue weighted by Crippen LogP contribution is -2.53. The molecule has 2 rings (SSSR count). The molecule has 0 bridgehead atoms. The lowest BCUT2D eigenvalue weighted by atomic mass is 9.72. The second-order valence-electron chi connectivity index (χ2n) is 5.77. The van der Waals surface area contributed by atoms with E-state index in [0.717, 1.165) is 0 Å². The number of hydrogen-bond acceptors (Lipinski definition) is 5. The average molecular weight is 334 g/mol. The Hall–Kier alpha value is -2.55. The van der Waals surface area contributed by atoms with Crippen molar-refractivity contribution in [2.75, 3.05) is 14.1 Å². The fourth-order valence-corrected chi connectivity index (χ4v) is 2.44. The first-order valence-corrected chi connectivity index (χ1v) is 7.49. The summed E-state index contributed by atoms with van der Waals surface area (Å²) >= 11 is 0. The van der Waals surface area contributed by atoms with Crippen LogP contribution in [0, 0.1) is 0 Å². The van der Waals surface area contributed by atoms with E-state index in [4.69, 9.17) is 9.76 Å². The Morgan fingerprint density at radius 2 is 2.04 bits per heavy atom. The molecule has 128 valence electrons. The number of amides is 2. The largest absolute Gasteiger partial charge is 0.547 e. The minimum absolute atomic E-state index is 0.00224. The fraction of sp³-hybridized carbons (Fsp3) is 0.400. The molecule has 1 heterocycles. The van der Waals surface area contributed by atoms with E-state index in [1.54, 1.807) is 26.2 Å². The van der Waals surface area contributed by atoms with Gasteiger partial charge in [-0.05, 0) is 18.1 Å². The zero-order valence-corrected chi connectivity index (χ0v) is 13.5. The highest BCUT2D eigenvalue weighted by Crippen LogP contribution is 2.30. The molecule has 0 saturated heterocycles. The van der Waals surface area contributed by atoms with Gasteiger partial charge < -0.3 is 25.0 Å². The van der Waals surface area contributed by atoms with Crippen molar-refractivity contribution in [1.82, 2.24) is 10.2 Å². The smallest absolute Gasteiger partial charge is 0.534 e. The Morgan fingerprint density at radius 3 is 2.67 bits per heavy atom. The monoisotopic (exact) mass is 334 g/mol. The van der Waals surface area contributed by atoms with Gasteiger partial charge in [0.25, 0.3) is 0 Å². The lowest BCUT2D eigenvalue weighted by molar-refractivity contribution is -0.131. The maximum absolute atomic E-state index is 11.9. The van der Waals surface area contributed by atoms with E-state index in [1.807, 2.05) is 0 Å². The highest BCUT2D eigenvalue weighted by atomic mass is 16.5. The van der Waals surface area contributed by atoms with Gasteiger partial charge in [-0.2, -0.15) is 0 Å². The summed E-state index contributed by atoms with van der Waals surface area (Å²) in [6, 6.07) is 4.65. The number of carboxylic acids is 1. The third kappa shape index (κ3) is 4.05. The Morgan fingerprint density at radius 1 is 1.33 bits per heavy atom. The van der Waals surface area contributed by atoms with Crippen LogP contribution < -0.4 is 9.97 Å². The molecule has 1 unspecified atom stereocenters. The number of carbonyl (C=O) groups is 3. The summed E-state index contributed by atoms with van der Waals surface area (Å²) < 4.78 is 5.29. The van der Waals surface area contributed by atoms with E-state index in [1.165, 1.54) is 11.0 Å². The van der Waals surface area contributed by atoms with Gasteiger partial charge in [0.05, 0.1) is 11.5 Å². The molecule has 1 atom stereocenters. The van der Waals surface area contributed by atoms with Crippen LogP contribution in [0.1, 0.15) is 28.8 Å². The van der Waals surface area contributed by atoms with Gasteiger partial charge in [-0.15, -0.1) is 0 Å². The summed E-state index contributed by atoms with van der Waals surface area (Å²) in [5.74, 6) is -2.28. The third-order valence-corrected chi connectivity index (χ3v) is 3.76. The van der Waals surface area contributed by atoms with Crippen molar-refractivity contribution in [1.29, 1.82) is 0 Å². The Balaban J connectivity index is 2.01. The Kier molecular flexibility index (Phi) is 5.45. The highest BCUT2D eigenvalue weighted by molar-refractivity contribution is 6.47. The maximum atomic E-state index is 11.9. The van der Waals surface area contributed by atoms with Crippen molar-refractivity contribution in [2.24, 2.45) is 0 Å². The van der Waals surface area contributed by atoms with Crippen molar-refractivity contribution < 1.29 is 29.2 Å². The second-order valence-corrected chi connectivity index (χ2v) is 5.77. The maximum Gasteiger partial charge on any atom is 0.547 e. The number of aromatic carboxylic acids is 1. The number of rotatable bonds is 5. The number of hydrogen-bond donors (Lipinski definition) is 3. The third-order valence-electron chi connectivity index (χ3n) is 3.76. The summed E-state index contributed by atoms with van der Waals surface area (Å²) in [6.07, 6.45) is 0.315. The molecule has 0 saturated carbocycles. The quantitative estimate of drug-likeness (QED) is 0.636. The Labute approximate surface area is 139 Å². The molecule has 0 aromatic heterocycles. The van der Waals surface area contributed by atoms with Crippen LogP contribution in [0.4, 0.5) is 0 Å². The SMILES string of the molecule is CN(C)C(=O)CCC(=O)NC1Cc2cccc(C(=O)O)c2OB1O. The predicted octanol–water partition coefficient (Wildman–Crippen LogP) is -0.307.